The van der Waals surface area contributed by atoms with Gasteiger partial charge in [-0.3, -0.25) is 0 Å². The maximum absolute atomic E-state index is 12.6. The Morgan fingerprint density at radius 3 is 1.02 bits per heavy atom. The van der Waals surface area contributed by atoms with Gasteiger partial charge in [-0.25, -0.2) is 28.8 Å². The molecule has 50 heavy (non-hydrogen) atoms. The largest absolute Gasteiger partial charge is 0.513 e. The van der Waals surface area contributed by atoms with E-state index in [2.05, 4.69) is 13.2 Å². The summed E-state index contributed by atoms with van der Waals surface area (Å²) in [5.74, 6) is -1.76. The zero-order valence-electron chi connectivity index (χ0n) is 26.9. The molecule has 0 bridgehead atoms. The SMILES string of the molecule is C=CC(=O)OCCCCOC(=O)Oc1ccc(OC(=O)c2ccc(OC(=O)c3ccc(OC(=O)OCCCCOC(=O)C=C)cc3)cc2)cc1. The summed E-state index contributed by atoms with van der Waals surface area (Å²) in [5, 5.41) is 0. The van der Waals surface area contributed by atoms with E-state index >= 15 is 0 Å². The quantitative estimate of drug-likeness (QED) is 0.0369. The molecule has 262 valence electrons. The van der Waals surface area contributed by atoms with Gasteiger partial charge in [0.15, 0.2) is 0 Å². The normalized spacial score (nSPS) is 10.1. The summed E-state index contributed by atoms with van der Waals surface area (Å²) < 4.78 is 40.4. The van der Waals surface area contributed by atoms with Crippen LogP contribution in [0.25, 0.3) is 0 Å². The summed E-state index contributed by atoms with van der Waals surface area (Å²) in [6, 6.07) is 17.0. The predicted octanol–water partition coefficient (Wildman–Crippen LogP) is 6.17. The third kappa shape index (κ3) is 14.1. The molecule has 0 unspecified atom stereocenters. The minimum absolute atomic E-state index is 0.0657. The van der Waals surface area contributed by atoms with Gasteiger partial charge in [0.25, 0.3) is 0 Å². The van der Waals surface area contributed by atoms with Crippen molar-refractivity contribution in [3.63, 3.8) is 0 Å². The second-order valence-corrected chi connectivity index (χ2v) is 9.86. The van der Waals surface area contributed by atoms with Gasteiger partial charge in [0.05, 0.1) is 37.6 Å². The second kappa shape index (κ2) is 20.7. The van der Waals surface area contributed by atoms with Crippen LogP contribution >= 0.6 is 0 Å². The van der Waals surface area contributed by atoms with Crippen molar-refractivity contribution in [2.45, 2.75) is 25.7 Å². The van der Waals surface area contributed by atoms with Crippen molar-refractivity contribution in [1.29, 1.82) is 0 Å². The molecule has 3 aromatic carbocycles. The Kier molecular flexibility index (Phi) is 15.8. The summed E-state index contributed by atoms with van der Waals surface area (Å²) >= 11 is 0. The van der Waals surface area contributed by atoms with Gasteiger partial charge in [-0.15, -0.1) is 0 Å². The Morgan fingerprint density at radius 1 is 0.420 bits per heavy atom. The fraction of sp³-hybridized carbons (Fsp3) is 0.222. The van der Waals surface area contributed by atoms with Crippen LogP contribution in [0.1, 0.15) is 46.4 Å². The van der Waals surface area contributed by atoms with E-state index in [-0.39, 0.29) is 60.6 Å². The van der Waals surface area contributed by atoms with Crippen molar-refractivity contribution in [2.75, 3.05) is 26.4 Å². The molecule has 0 saturated carbocycles. The van der Waals surface area contributed by atoms with Crippen LogP contribution in [0.2, 0.25) is 0 Å². The van der Waals surface area contributed by atoms with Crippen LogP contribution < -0.4 is 18.9 Å². The number of esters is 4. The van der Waals surface area contributed by atoms with Gasteiger partial charge in [0.2, 0.25) is 0 Å². The van der Waals surface area contributed by atoms with Crippen molar-refractivity contribution in [3.8, 4) is 23.0 Å². The Balaban J connectivity index is 1.36. The first-order chi connectivity index (χ1) is 24.2. The van der Waals surface area contributed by atoms with Crippen molar-refractivity contribution >= 4 is 36.2 Å². The molecule has 0 aliphatic carbocycles. The minimum Gasteiger partial charge on any atom is -0.463 e. The fourth-order valence-electron chi connectivity index (χ4n) is 3.66. The van der Waals surface area contributed by atoms with Crippen LogP contribution in [-0.4, -0.2) is 62.6 Å². The molecule has 0 saturated heterocycles. The lowest BCUT2D eigenvalue weighted by Crippen LogP contribution is -2.13. The smallest absolute Gasteiger partial charge is 0.463 e. The highest BCUT2D eigenvalue weighted by atomic mass is 16.7. The first-order valence-corrected chi connectivity index (χ1v) is 15.2. The van der Waals surface area contributed by atoms with E-state index < -0.39 is 36.2 Å². The number of hydrogen-bond donors (Lipinski definition) is 0. The molecule has 0 aromatic heterocycles. The molecule has 0 fully saturated rings. The lowest BCUT2D eigenvalue weighted by atomic mass is 10.2. The summed E-state index contributed by atoms with van der Waals surface area (Å²) in [4.78, 5) is 70.8. The van der Waals surface area contributed by atoms with Crippen molar-refractivity contribution in [2.24, 2.45) is 0 Å². The molecular formula is C36H34O14. The van der Waals surface area contributed by atoms with Gasteiger partial charge in [-0.05, 0) is 98.5 Å². The monoisotopic (exact) mass is 690 g/mol. The number of carbonyl (C=O) groups excluding carboxylic acids is 6. The van der Waals surface area contributed by atoms with Gasteiger partial charge in [0, 0.05) is 12.2 Å². The standard InChI is InChI=1S/C36H34O14/c1-3-31(37)43-21-5-7-23-45-35(41)49-29-15-11-26(12-16-29)33(39)47-27-13-9-25(10-14-27)34(40)48-28-17-19-30(20-18-28)50-36(42)46-24-8-6-22-44-32(38)4-2/h3-4,9-20H,1-2,5-8,21-24H2. The molecule has 14 heteroatoms. The highest BCUT2D eigenvalue weighted by Crippen LogP contribution is 2.21. The van der Waals surface area contributed by atoms with Gasteiger partial charge < -0.3 is 37.9 Å². The summed E-state index contributed by atoms with van der Waals surface area (Å²) in [7, 11) is 0. The maximum Gasteiger partial charge on any atom is 0.513 e. The predicted molar refractivity (Wildman–Crippen MR) is 174 cm³/mol. The summed E-state index contributed by atoms with van der Waals surface area (Å²) in [6.45, 7) is 7.08. The number of benzene rings is 3. The van der Waals surface area contributed by atoms with Crippen LogP contribution in [-0.2, 0) is 28.5 Å². The highest BCUT2D eigenvalue weighted by Gasteiger charge is 2.14. The molecule has 0 spiro atoms. The van der Waals surface area contributed by atoms with Crippen LogP contribution in [0.4, 0.5) is 9.59 Å². The number of rotatable bonds is 18. The first-order valence-electron chi connectivity index (χ1n) is 15.2. The summed E-state index contributed by atoms with van der Waals surface area (Å²) in [6.07, 6.45) is 2.19. The van der Waals surface area contributed by atoms with Crippen molar-refractivity contribution in [1.82, 2.24) is 0 Å². The molecule has 14 nitrogen and oxygen atoms in total. The van der Waals surface area contributed by atoms with E-state index in [1.54, 1.807) is 0 Å². The van der Waals surface area contributed by atoms with Gasteiger partial charge in [-0.1, -0.05) is 13.2 Å². The van der Waals surface area contributed by atoms with E-state index in [4.69, 9.17) is 37.9 Å². The summed E-state index contributed by atoms with van der Waals surface area (Å²) in [5.41, 5.74) is 0.352. The Morgan fingerprint density at radius 2 is 0.700 bits per heavy atom. The van der Waals surface area contributed by atoms with E-state index in [0.717, 1.165) is 12.2 Å². The van der Waals surface area contributed by atoms with Crippen LogP contribution in [0.5, 0.6) is 23.0 Å². The third-order valence-electron chi connectivity index (χ3n) is 6.17. The van der Waals surface area contributed by atoms with Crippen LogP contribution in [0, 0.1) is 0 Å². The van der Waals surface area contributed by atoms with Crippen molar-refractivity contribution < 1.29 is 66.7 Å². The molecule has 3 aromatic rings. The number of carbonyl (C=O) groups is 6. The van der Waals surface area contributed by atoms with E-state index in [9.17, 15) is 28.8 Å². The number of hydrogen-bond acceptors (Lipinski definition) is 14. The Labute approximate surface area is 287 Å². The van der Waals surface area contributed by atoms with Gasteiger partial charge in [-0.2, -0.15) is 0 Å². The molecule has 0 amide bonds. The molecule has 0 radical (unpaired) electrons. The number of ether oxygens (including phenoxy) is 8. The molecule has 3 rings (SSSR count). The maximum atomic E-state index is 12.6. The molecule has 0 N–H and O–H groups in total. The first kappa shape index (κ1) is 38.0. The van der Waals surface area contributed by atoms with Crippen LogP contribution in [0.3, 0.4) is 0 Å². The van der Waals surface area contributed by atoms with Crippen LogP contribution in [0.15, 0.2) is 98.1 Å². The lowest BCUT2D eigenvalue weighted by molar-refractivity contribution is -0.138. The Bertz CT molecular complexity index is 1630. The molecular weight excluding hydrogens is 656 g/mol. The van der Waals surface area contributed by atoms with Gasteiger partial charge >= 0.3 is 36.2 Å². The molecule has 0 aliphatic rings. The van der Waals surface area contributed by atoms with E-state index in [0.29, 0.717) is 25.7 Å². The minimum atomic E-state index is -0.929. The fourth-order valence-corrected chi connectivity index (χ4v) is 3.66. The molecule has 0 atom stereocenters. The topological polar surface area (TPSA) is 176 Å². The Hall–Kier alpha value is -6.44. The molecule has 0 heterocycles. The van der Waals surface area contributed by atoms with E-state index in [1.807, 2.05) is 0 Å². The lowest BCUT2D eigenvalue weighted by Gasteiger charge is -2.09. The second-order valence-electron chi connectivity index (χ2n) is 9.86. The average Bonchev–Trinajstić information content (AvgIpc) is 3.12. The molecule has 0 aliphatic heterocycles. The third-order valence-corrected chi connectivity index (χ3v) is 6.17. The van der Waals surface area contributed by atoms with Crippen molar-refractivity contribution in [3.05, 3.63) is 109 Å². The zero-order chi connectivity index (χ0) is 36.1. The average molecular weight is 691 g/mol. The highest BCUT2D eigenvalue weighted by molar-refractivity contribution is 5.93. The zero-order valence-corrected chi connectivity index (χ0v) is 26.9. The number of unbranched alkanes of at least 4 members (excludes halogenated alkanes) is 2. The van der Waals surface area contributed by atoms with E-state index in [1.165, 1.54) is 72.8 Å². The van der Waals surface area contributed by atoms with Gasteiger partial charge in [0.1, 0.15) is 23.0 Å².